The van der Waals surface area contributed by atoms with Gasteiger partial charge < -0.3 is 0 Å². The minimum atomic E-state index is 0.485. The predicted molar refractivity (Wildman–Crippen MR) is 89.7 cm³/mol. The zero-order valence-corrected chi connectivity index (χ0v) is 14.1. The molecule has 2 aliphatic carbocycles. The standard InChI is InChI=1S/C20H32/c1-7-15(2)9-11-17-16(3)10-12-18-19(4,5)13-8-14-20(17,18)6/h7,9-10,17-18H,1,8,11-14H2,2-6H3/b15-9+/t17-,18-,20-/m0/s1. The summed E-state index contributed by atoms with van der Waals surface area (Å²) in [6.45, 7) is 15.9. The third-order valence-electron chi connectivity index (χ3n) is 6.29. The first kappa shape index (κ1) is 15.6. The average molecular weight is 272 g/mol. The molecule has 0 radical (unpaired) electrons. The SMILES string of the molecule is C=C/C(C)=C/C[C@H]1C(C)=CC[C@H]2C(C)(C)CCC[C@@]12C. The molecule has 3 atom stereocenters. The molecule has 2 rings (SSSR count). The van der Waals surface area contributed by atoms with E-state index in [-0.39, 0.29) is 0 Å². The van der Waals surface area contributed by atoms with Crippen molar-refractivity contribution in [3.05, 3.63) is 36.0 Å². The molecule has 0 amide bonds. The molecular formula is C20H32. The van der Waals surface area contributed by atoms with Crippen molar-refractivity contribution in [1.82, 2.24) is 0 Å². The Morgan fingerprint density at radius 1 is 1.35 bits per heavy atom. The lowest BCUT2D eigenvalue weighted by atomic mass is 9.48. The molecule has 0 N–H and O–H groups in total. The van der Waals surface area contributed by atoms with Crippen molar-refractivity contribution in [2.24, 2.45) is 22.7 Å². The highest BCUT2D eigenvalue weighted by atomic mass is 14.6. The molecule has 1 fully saturated rings. The van der Waals surface area contributed by atoms with Gasteiger partial charge in [-0.15, -0.1) is 0 Å². The van der Waals surface area contributed by atoms with Crippen LogP contribution in [0.25, 0.3) is 0 Å². The van der Waals surface area contributed by atoms with E-state index in [1.165, 1.54) is 37.7 Å². The fraction of sp³-hybridized carbons (Fsp3) is 0.700. The molecule has 0 unspecified atom stereocenters. The second-order valence-electron chi connectivity index (χ2n) is 8.02. The van der Waals surface area contributed by atoms with Gasteiger partial charge in [-0.3, -0.25) is 0 Å². The van der Waals surface area contributed by atoms with Crippen molar-refractivity contribution in [3.63, 3.8) is 0 Å². The summed E-state index contributed by atoms with van der Waals surface area (Å²) in [7, 11) is 0. The van der Waals surface area contributed by atoms with E-state index in [9.17, 15) is 0 Å². The molecule has 0 bridgehead atoms. The number of hydrogen-bond donors (Lipinski definition) is 0. The lowest BCUT2D eigenvalue weighted by Crippen LogP contribution is -2.48. The van der Waals surface area contributed by atoms with E-state index in [2.05, 4.69) is 53.3 Å². The summed E-state index contributed by atoms with van der Waals surface area (Å²) in [6.07, 6.45) is 13.6. The summed E-state index contributed by atoms with van der Waals surface area (Å²) < 4.78 is 0. The first-order valence-corrected chi connectivity index (χ1v) is 8.27. The van der Waals surface area contributed by atoms with Crippen LogP contribution in [0.4, 0.5) is 0 Å². The molecule has 2 aliphatic rings. The van der Waals surface area contributed by atoms with Crippen LogP contribution in [0.5, 0.6) is 0 Å². The van der Waals surface area contributed by atoms with Crippen LogP contribution in [-0.4, -0.2) is 0 Å². The monoisotopic (exact) mass is 272 g/mol. The van der Waals surface area contributed by atoms with Gasteiger partial charge in [0.25, 0.3) is 0 Å². The Morgan fingerprint density at radius 2 is 2.05 bits per heavy atom. The van der Waals surface area contributed by atoms with Crippen LogP contribution in [-0.2, 0) is 0 Å². The third-order valence-corrected chi connectivity index (χ3v) is 6.29. The minimum absolute atomic E-state index is 0.485. The first-order chi connectivity index (χ1) is 9.31. The Kier molecular flexibility index (Phi) is 4.33. The predicted octanol–water partition coefficient (Wildman–Crippen LogP) is 6.31. The number of hydrogen-bond acceptors (Lipinski definition) is 0. The zero-order valence-electron chi connectivity index (χ0n) is 14.1. The average Bonchev–Trinajstić information content (AvgIpc) is 2.36. The Hall–Kier alpha value is -0.780. The first-order valence-electron chi connectivity index (χ1n) is 8.27. The molecule has 0 aromatic rings. The molecule has 112 valence electrons. The van der Waals surface area contributed by atoms with Crippen LogP contribution < -0.4 is 0 Å². The van der Waals surface area contributed by atoms with Crippen LogP contribution in [0, 0.1) is 22.7 Å². The summed E-state index contributed by atoms with van der Waals surface area (Å²) >= 11 is 0. The molecule has 0 heteroatoms. The normalized spacial score (nSPS) is 37.0. The van der Waals surface area contributed by atoms with Gasteiger partial charge in [0.2, 0.25) is 0 Å². The van der Waals surface area contributed by atoms with E-state index < -0.39 is 0 Å². The second-order valence-corrected chi connectivity index (χ2v) is 8.02. The molecule has 20 heavy (non-hydrogen) atoms. The third kappa shape index (κ3) is 2.67. The van der Waals surface area contributed by atoms with E-state index >= 15 is 0 Å². The minimum Gasteiger partial charge on any atom is -0.0988 e. The maximum atomic E-state index is 3.88. The van der Waals surface area contributed by atoms with E-state index in [0.29, 0.717) is 10.8 Å². The van der Waals surface area contributed by atoms with Crippen LogP contribution in [0.15, 0.2) is 36.0 Å². The highest BCUT2D eigenvalue weighted by molar-refractivity contribution is 5.21. The van der Waals surface area contributed by atoms with Crippen LogP contribution in [0.2, 0.25) is 0 Å². The van der Waals surface area contributed by atoms with Crippen molar-refractivity contribution in [3.8, 4) is 0 Å². The van der Waals surface area contributed by atoms with Gasteiger partial charge in [-0.05, 0) is 62.2 Å². The Bertz CT molecular complexity index is 435. The number of allylic oxidation sites excluding steroid dienone is 5. The molecule has 0 nitrogen and oxygen atoms in total. The summed E-state index contributed by atoms with van der Waals surface area (Å²) in [5, 5.41) is 0. The van der Waals surface area contributed by atoms with Gasteiger partial charge in [-0.2, -0.15) is 0 Å². The van der Waals surface area contributed by atoms with E-state index in [1.54, 1.807) is 5.57 Å². The lowest BCUT2D eigenvalue weighted by molar-refractivity contribution is -0.0361. The largest absolute Gasteiger partial charge is 0.0988 e. The maximum Gasteiger partial charge on any atom is -0.0114 e. The molecule has 0 aromatic carbocycles. The highest BCUT2D eigenvalue weighted by Crippen LogP contribution is 2.60. The molecule has 0 aromatic heterocycles. The lowest BCUT2D eigenvalue weighted by Gasteiger charge is -2.56. The summed E-state index contributed by atoms with van der Waals surface area (Å²) in [4.78, 5) is 0. The van der Waals surface area contributed by atoms with Crippen LogP contribution in [0.1, 0.15) is 66.7 Å². The van der Waals surface area contributed by atoms with Gasteiger partial charge in [0.15, 0.2) is 0 Å². The van der Waals surface area contributed by atoms with Crippen LogP contribution in [0.3, 0.4) is 0 Å². The van der Waals surface area contributed by atoms with Crippen LogP contribution >= 0.6 is 0 Å². The zero-order chi connectivity index (χ0) is 15.0. The quantitative estimate of drug-likeness (QED) is 0.417. The number of rotatable bonds is 3. The van der Waals surface area contributed by atoms with E-state index in [1.807, 2.05) is 6.08 Å². The van der Waals surface area contributed by atoms with Crippen molar-refractivity contribution in [2.75, 3.05) is 0 Å². The molecule has 0 heterocycles. The van der Waals surface area contributed by atoms with Crippen molar-refractivity contribution in [2.45, 2.75) is 66.7 Å². The van der Waals surface area contributed by atoms with Crippen molar-refractivity contribution < 1.29 is 0 Å². The van der Waals surface area contributed by atoms with Crippen molar-refractivity contribution >= 4 is 0 Å². The second kappa shape index (κ2) is 5.54. The van der Waals surface area contributed by atoms with Gasteiger partial charge >= 0.3 is 0 Å². The van der Waals surface area contributed by atoms with Gasteiger partial charge in [0, 0.05) is 0 Å². The number of fused-ring (bicyclic) bond motifs is 1. The van der Waals surface area contributed by atoms with Gasteiger partial charge in [0.05, 0.1) is 0 Å². The Morgan fingerprint density at radius 3 is 2.70 bits per heavy atom. The van der Waals surface area contributed by atoms with Crippen molar-refractivity contribution in [1.29, 1.82) is 0 Å². The fourth-order valence-electron chi connectivity index (χ4n) is 4.98. The van der Waals surface area contributed by atoms with Gasteiger partial charge in [-0.1, -0.05) is 63.1 Å². The molecule has 0 spiro atoms. The van der Waals surface area contributed by atoms with Gasteiger partial charge in [-0.25, -0.2) is 0 Å². The summed E-state index contributed by atoms with van der Waals surface area (Å²) in [5.74, 6) is 1.56. The maximum absolute atomic E-state index is 3.88. The van der Waals surface area contributed by atoms with Gasteiger partial charge in [0.1, 0.15) is 0 Å². The Balaban J connectivity index is 2.32. The smallest absolute Gasteiger partial charge is 0.0114 e. The van der Waals surface area contributed by atoms with E-state index in [4.69, 9.17) is 0 Å². The molecular weight excluding hydrogens is 240 g/mol. The highest BCUT2D eigenvalue weighted by Gasteiger charge is 2.51. The molecule has 0 aliphatic heterocycles. The summed E-state index contributed by atoms with van der Waals surface area (Å²) in [5.41, 5.74) is 3.92. The fourth-order valence-corrected chi connectivity index (χ4v) is 4.98. The van der Waals surface area contributed by atoms with E-state index in [0.717, 1.165) is 11.8 Å². The molecule has 1 saturated carbocycles. The topological polar surface area (TPSA) is 0 Å². The molecule has 0 saturated heterocycles. The summed E-state index contributed by atoms with van der Waals surface area (Å²) in [6, 6.07) is 0. The Labute approximate surface area is 126 Å².